The molecule has 1 atom stereocenters. The smallest absolute Gasteiger partial charge is 0.334 e. The number of hydrogen-bond donors (Lipinski definition) is 0. The number of rotatable bonds is 4. The van der Waals surface area contributed by atoms with Gasteiger partial charge in [0.05, 0.1) is 7.11 Å². The molecule has 142 valence electrons. The Morgan fingerprint density at radius 3 is 2.30 bits per heavy atom. The van der Waals surface area contributed by atoms with Crippen molar-refractivity contribution in [2.24, 2.45) is 0 Å². The number of benzene rings is 1. The van der Waals surface area contributed by atoms with Crippen LogP contribution < -0.4 is 0 Å². The van der Waals surface area contributed by atoms with Gasteiger partial charge in [-0.2, -0.15) is 0 Å². The fraction of sp³-hybridized carbons (Fsp3) is 0.389. The van der Waals surface area contributed by atoms with Crippen molar-refractivity contribution >= 4 is 29.7 Å². The standard InChI is InChI=1S/C18H19N3O6/c1-3-19-15(23)16(24)21(18(19)26)10-14(22)20-9-12-7-5-4-6-11(12)8-13(20)17(25)27-2/h4-7,13H,3,8-10H2,1-2H3/t13-/m1/s1. The van der Waals surface area contributed by atoms with Gasteiger partial charge >= 0.3 is 23.8 Å². The minimum absolute atomic E-state index is 0.0377. The van der Waals surface area contributed by atoms with E-state index in [-0.39, 0.29) is 19.5 Å². The molecule has 1 aromatic rings. The zero-order chi connectivity index (χ0) is 19.7. The molecule has 2 heterocycles. The van der Waals surface area contributed by atoms with Crippen molar-refractivity contribution in [3.8, 4) is 0 Å². The average molecular weight is 373 g/mol. The summed E-state index contributed by atoms with van der Waals surface area (Å²) in [7, 11) is 1.23. The van der Waals surface area contributed by atoms with Crippen LogP contribution in [0.1, 0.15) is 18.1 Å². The highest BCUT2D eigenvalue weighted by atomic mass is 16.5. The largest absolute Gasteiger partial charge is 0.467 e. The van der Waals surface area contributed by atoms with E-state index in [0.717, 1.165) is 16.0 Å². The zero-order valence-corrected chi connectivity index (χ0v) is 15.0. The second-order valence-corrected chi connectivity index (χ2v) is 6.26. The highest BCUT2D eigenvalue weighted by Gasteiger charge is 2.46. The van der Waals surface area contributed by atoms with Crippen molar-refractivity contribution in [1.29, 1.82) is 0 Å². The van der Waals surface area contributed by atoms with E-state index in [1.165, 1.54) is 12.0 Å². The Balaban J connectivity index is 1.84. The molecule has 0 bridgehead atoms. The predicted octanol–water partition coefficient (Wildman–Crippen LogP) is -0.0764. The van der Waals surface area contributed by atoms with Crippen LogP contribution in [0.3, 0.4) is 0 Å². The Morgan fingerprint density at radius 2 is 1.70 bits per heavy atom. The van der Waals surface area contributed by atoms with Crippen LogP contribution in [-0.4, -0.2) is 70.7 Å². The number of fused-ring (bicyclic) bond motifs is 1. The summed E-state index contributed by atoms with van der Waals surface area (Å²) in [5.41, 5.74) is 1.80. The molecular formula is C18H19N3O6. The van der Waals surface area contributed by atoms with Crippen molar-refractivity contribution in [3.63, 3.8) is 0 Å². The first-order valence-electron chi connectivity index (χ1n) is 8.50. The molecule has 9 heteroatoms. The van der Waals surface area contributed by atoms with Gasteiger partial charge in [0.1, 0.15) is 12.6 Å². The van der Waals surface area contributed by atoms with Crippen LogP contribution in [0.15, 0.2) is 24.3 Å². The first kappa shape index (κ1) is 18.6. The first-order chi connectivity index (χ1) is 12.9. The lowest BCUT2D eigenvalue weighted by Crippen LogP contribution is -2.52. The SMILES string of the molecule is CCN1C(=O)C(=O)N(CC(=O)N2Cc3ccccc3C[C@@H]2C(=O)OC)C1=O. The van der Waals surface area contributed by atoms with Gasteiger partial charge in [0.25, 0.3) is 0 Å². The van der Waals surface area contributed by atoms with E-state index in [9.17, 15) is 24.0 Å². The number of urea groups is 1. The lowest BCUT2D eigenvalue weighted by Gasteiger charge is -2.35. The van der Waals surface area contributed by atoms with Crippen LogP contribution in [0.4, 0.5) is 4.79 Å². The maximum Gasteiger partial charge on any atom is 0.334 e. The third kappa shape index (κ3) is 3.16. The number of hydrogen-bond acceptors (Lipinski definition) is 6. The van der Waals surface area contributed by atoms with Gasteiger partial charge in [-0.05, 0) is 18.1 Å². The van der Waals surface area contributed by atoms with Crippen molar-refractivity contribution in [1.82, 2.24) is 14.7 Å². The quantitative estimate of drug-likeness (QED) is 0.415. The summed E-state index contributed by atoms with van der Waals surface area (Å²) >= 11 is 0. The summed E-state index contributed by atoms with van der Waals surface area (Å²) in [6.45, 7) is 1.14. The minimum Gasteiger partial charge on any atom is -0.467 e. The fourth-order valence-corrected chi connectivity index (χ4v) is 3.33. The zero-order valence-electron chi connectivity index (χ0n) is 15.0. The van der Waals surface area contributed by atoms with Gasteiger partial charge in [0, 0.05) is 19.5 Å². The number of likely N-dealkylation sites (N-methyl/N-ethyl adjacent to an activating group) is 1. The van der Waals surface area contributed by atoms with Gasteiger partial charge in [-0.25, -0.2) is 14.5 Å². The molecule has 1 aromatic carbocycles. The van der Waals surface area contributed by atoms with E-state index in [4.69, 9.17) is 4.74 Å². The van der Waals surface area contributed by atoms with Gasteiger partial charge in [-0.15, -0.1) is 0 Å². The van der Waals surface area contributed by atoms with E-state index < -0.39 is 42.3 Å². The third-order valence-corrected chi connectivity index (χ3v) is 4.79. The van der Waals surface area contributed by atoms with Crippen molar-refractivity contribution in [2.45, 2.75) is 25.9 Å². The monoisotopic (exact) mass is 373 g/mol. The average Bonchev–Trinajstić information content (AvgIpc) is 2.89. The molecule has 0 radical (unpaired) electrons. The second-order valence-electron chi connectivity index (χ2n) is 6.26. The molecule has 2 aliphatic heterocycles. The Labute approximate surface area is 155 Å². The number of esters is 1. The second kappa shape index (κ2) is 7.18. The molecule has 5 amide bonds. The summed E-state index contributed by atoms with van der Waals surface area (Å²) in [5.74, 6) is -3.18. The van der Waals surface area contributed by atoms with Crippen LogP contribution >= 0.6 is 0 Å². The Kier molecular flexibility index (Phi) is 4.93. The number of carbonyl (C=O) groups is 5. The molecule has 1 fully saturated rings. The summed E-state index contributed by atoms with van der Waals surface area (Å²) in [5, 5.41) is 0. The lowest BCUT2D eigenvalue weighted by atomic mass is 9.94. The summed E-state index contributed by atoms with van der Waals surface area (Å²) < 4.78 is 4.81. The van der Waals surface area contributed by atoms with Crippen LogP contribution in [-0.2, 0) is 36.9 Å². The molecule has 27 heavy (non-hydrogen) atoms. The molecule has 1 saturated heterocycles. The molecular weight excluding hydrogens is 354 g/mol. The van der Waals surface area contributed by atoms with Crippen molar-refractivity contribution in [3.05, 3.63) is 35.4 Å². The number of carbonyl (C=O) groups excluding carboxylic acids is 5. The van der Waals surface area contributed by atoms with Gasteiger partial charge in [0.15, 0.2) is 0 Å². The van der Waals surface area contributed by atoms with Gasteiger partial charge < -0.3 is 9.64 Å². The number of nitrogens with zero attached hydrogens (tertiary/aromatic N) is 3. The molecule has 0 aliphatic carbocycles. The predicted molar refractivity (Wildman–Crippen MR) is 91.0 cm³/mol. The van der Waals surface area contributed by atoms with E-state index in [1.54, 1.807) is 6.92 Å². The van der Waals surface area contributed by atoms with Crippen molar-refractivity contribution in [2.75, 3.05) is 20.2 Å². The van der Waals surface area contributed by atoms with Crippen LogP contribution in [0.5, 0.6) is 0 Å². The summed E-state index contributed by atoms with van der Waals surface area (Å²) in [4.78, 5) is 63.7. The summed E-state index contributed by atoms with van der Waals surface area (Å²) in [6.07, 6.45) is 0.274. The van der Waals surface area contributed by atoms with Crippen molar-refractivity contribution < 1.29 is 28.7 Å². The van der Waals surface area contributed by atoms with E-state index in [2.05, 4.69) is 0 Å². The number of ether oxygens (including phenoxy) is 1. The lowest BCUT2D eigenvalue weighted by molar-refractivity contribution is -0.154. The molecule has 0 aromatic heterocycles. The van der Waals surface area contributed by atoms with Gasteiger partial charge in [-0.1, -0.05) is 24.3 Å². The molecule has 0 N–H and O–H groups in total. The van der Waals surface area contributed by atoms with Gasteiger partial charge in [0.2, 0.25) is 5.91 Å². The Morgan fingerprint density at radius 1 is 1.07 bits per heavy atom. The first-order valence-corrected chi connectivity index (χ1v) is 8.50. The Hall–Kier alpha value is -3.23. The van der Waals surface area contributed by atoms with E-state index in [0.29, 0.717) is 4.90 Å². The molecule has 0 unspecified atom stereocenters. The van der Waals surface area contributed by atoms with E-state index in [1.807, 2.05) is 24.3 Å². The number of amides is 5. The van der Waals surface area contributed by atoms with E-state index >= 15 is 0 Å². The summed E-state index contributed by atoms with van der Waals surface area (Å²) in [6, 6.07) is 5.70. The van der Waals surface area contributed by atoms with Gasteiger partial charge in [-0.3, -0.25) is 19.3 Å². The maximum atomic E-state index is 12.8. The minimum atomic E-state index is -1.04. The molecule has 9 nitrogen and oxygen atoms in total. The Bertz CT molecular complexity index is 836. The molecule has 2 aliphatic rings. The molecule has 0 saturated carbocycles. The third-order valence-electron chi connectivity index (χ3n) is 4.79. The number of imide groups is 2. The molecule has 0 spiro atoms. The normalized spacial score (nSPS) is 19.4. The molecule has 3 rings (SSSR count). The van der Waals surface area contributed by atoms with Crippen LogP contribution in [0.25, 0.3) is 0 Å². The highest BCUT2D eigenvalue weighted by Crippen LogP contribution is 2.25. The van der Waals surface area contributed by atoms with Crippen LogP contribution in [0.2, 0.25) is 0 Å². The number of methoxy groups -OCH3 is 1. The fourth-order valence-electron chi connectivity index (χ4n) is 3.33. The highest BCUT2D eigenvalue weighted by molar-refractivity contribution is 6.45. The van der Waals surface area contributed by atoms with Crippen LogP contribution in [0, 0.1) is 0 Å². The topological polar surface area (TPSA) is 104 Å². The maximum absolute atomic E-state index is 12.8.